The van der Waals surface area contributed by atoms with Crippen LogP contribution in [0.4, 0.5) is 0 Å². The lowest BCUT2D eigenvalue weighted by molar-refractivity contribution is -0.810. The summed E-state index contributed by atoms with van der Waals surface area (Å²) >= 11 is 0. The van der Waals surface area contributed by atoms with Gasteiger partial charge in [-0.1, -0.05) is 84.9 Å². The standard InChI is InChI=1S/C34H26N2/c1-3-13-27-21-35-29(17-23(27)9-1)19-25-11-5-7-15-31(25)33(35)34-32-16-8-6-12-26(32)20-30-18-24-10-2-4-14-28(24)22-36(30)34/h1-18,21-22,33-34H,19-20H2/q+2. The maximum Gasteiger partial charge on any atom is 0.249 e. The van der Waals surface area contributed by atoms with Crippen molar-refractivity contribution in [1.29, 1.82) is 0 Å². The van der Waals surface area contributed by atoms with Gasteiger partial charge in [-0.15, -0.1) is 0 Å². The van der Waals surface area contributed by atoms with Crippen LogP contribution < -0.4 is 9.13 Å². The Morgan fingerprint density at radius 3 is 1.31 bits per heavy atom. The van der Waals surface area contributed by atoms with Crippen molar-refractivity contribution in [2.75, 3.05) is 0 Å². The Bertz CT molecular complexity index is 1680. The molecule has 0 spiro atoms. The van der Waals surface area contributed by atoms with Gasteiger partial charge in [-0.2, -0.15) is 9.13 Å². The predicted octanol–water partition coefficient (Wildman–Crippen LogP) is 6.26. The number of hydrogen-bond acceptors (Lipinski definition) is 0. The van der Waals surface area contributed by atoms with E-state index in [-0.39, 0.29) is 12.1 Å². The Kier molecular flexibility index (Phi) is 4.21. The third kappa shape index (κ3) is 2.91. The fraction of sp³-hybridized carbons (Fsp3) is 0.118. The number of aromatic nitrogens is 2. The Hall–Kier alpha value is -4.30. The molecule has 170 valence electrons. The highest BCUT2D eigenvalue weighted by atomic mass is 15.1. The van der Waals surface area contributed by atoms with Crippen LogP contribution in [0.5, 0.6) is 0 Å². The summed E-state index contributed by atoms with van der Waals surface area (Å²) in [6.45, 7) is 0. The van der Waals surface area contributed by atoms with Gasteiger partial charge in [-0.25, -0.2) is 0 Å². The number of benzene rings is 4. The molecule has 0 saturated heterocycles. The van der Waals surface area contributed by atoms with Crippen LogP contribution >= 0.6 is 0 Å². The smallest absolute Gasteiger partial charge is 0.187 e. The lowest BCUT2D eigenvalue weighted by Crippen LogP contribution is -2.59. The molecule has 2 nitrogen and oxygen atoms in total. The van der Waals surface area contributed by atoms with Crippen LogP contribution in [0.1, 0.15) is 45.7 Å². The molecule has 0 bridgehead atoms. The molecule has 0 N–H and O–H groups in total. The molecular formula is C34H26N2+2. The molecule has 4 aromatic carbocycles. The zero-order chi connectivity index (χ0) is 23.6. The summed E-state index contributed by atoms with van der Waals surface area (Å²) < 4.78 is 5.15. The minimum atomic E-state index is 0.168. The highest BCUT2D eigenvalue weighted by molar-refractivity contribution is 5.82. The van der Waals surface area contributed by atoms with E-state index in [9.17, 15) is 0 Å². The van der Waals surface area contributed by atoms with Crippen LogP contribution in [0.25, 0.3) is 21.5 Å². The summed E-state index contributed by atoms with van der Waals surface area (Å²) in [7, 11) is 0. The van der Waals surface area contributed by atoms with Gasteiger partial charge in [0.1, 0.15) is 0 Å². The first-order valence-corrected chi connectivity index (χ1v) is 12.8. The molecule has 0 saturated carbocycles. The maximum atomic E-state index is 2.57. The fourth-order valence-corrected chi connectivity index (χ4v) is 6.60. The number of hydrogen-bond donors (Lipinski definition) is 0. The van der Waals surface area contributed by atoms with Gasteiger partial charge in [0.2, 0.25) is 12.1 Å². The second kappa shape index (κ2) is 7.60. The second-order valence-electron chi connectivity index (χ2n) is 10.2. The summed E-state index contributed by atoms with van der Waals surface area (Å²) in [6.07, 6.45) is 6.70. The van der Waals surface area contributed by atoms with Crippen LogP contribution in [-0.2, 0) is 12.8 Å². The van der Waals surface area contributed by atoms with E-state index in [1.54, 1.807) is 0 Å². The van der Waals surface area contributed by atoms with Gasteiger partial charge in [0.15, 0.2) is 23.8 Å². The monoisotopic (exact) mass is 462 g/mol. The van der Waals surface area contributed by atoms with Crippen LogP contribution in [0, 0.1) is 0 Å². The van der Waals surface area contributed by atoms with E-state index in [0.717, 1.165) is 12.8 Å². The molecule has 2 atom stereocenters. The van der Waals surface area contributed by atoms with Gasteiger partial charge in [-0.05, 0) is 34.0 Å². The van der Waals surface area contributed by atoms with E-state index >= 15 is 0 Å². The third-order valence-electron chi connectivity index (χ3n) is 8.24. The highest BCUT2D eigenvalue weighted by Gasteiger charge is 2.48. The minimum Gasteiger partial charge on any atom is -0.187 e. The Labute approximate surface area is 210 Å². The van der Waals surface area contributed by atoms with E-state index in [2.05, 4.69) is 131 Å². The lowest BCUT2D eigenvalue weighted by atomic mass is 9.81. The molecule has 8 rings (SSSR count). The summed E-state index contributed by atoms with van der Waals surface area (Å²) in [4.78, 5) is 0. The Morgan fingerprint density at radius 2 is 0.833 bits per heavy atom. The normalized spacial score (nSPS) is 17.8. The first-order valence-electron chi connectivity index (χ1n) is 12.8. The molecule has 0 radical (unpaired) electrons. The van der Waals surface area contributed by atoms with Crippen molar-refractivity contribution in [2.24, 2.45) is 0 Å². The molecule has 0 aliphatic carbocycles. The van der Waals surface area contributed by atoms with Gasteiger partial charge < -0.3 is 0 Å². The molecule has 2 aliphatic rings. The van der Waals surface area contributed by atoms with Crippen molar-refractivity contribution >= 4 is 21.5 Å². The number of pyridine rings is 2. The van der Waals surface area contributed by atoms with Crippen LogP contribution in [0.2, 0.25) is 0 Å². The van der Waals surface area contributed by atoms with Crippen LogP contribution in [0.15, 0.2) is 122 Å². The van der Waals surface area contributed by atoms with Gasteiger partial charge >= 0.3 is 0 Å². The van der Waals surface area contributed by atoms with Crippen LogP contribution in [0.3, 0.4) is 0 Å². The van der Waals surface area contributed by atoms with Crippen molar-refractivity contribution in [2.45, 2.75) is 24.9 Å². The van der Waals surface area contributed by atoms with E-state index in [1.165, 1.54) is 55.2 Å². The Morgan fingerprint density at radius 1 is 0.444 bits per heavy atom. The van der Waals surface area contributed by atoms with E-state index in [1.807, 2.05) is 0 Å². The first kappa shape index (κ1) is 19.9. The number of fused-ring (bicyclic) bond motifs is 6. The van der Waals surface area contributed by atoms with Gasteiger partial charge in [-0.3, -0.25) is 0 Å². The average Bonchev–Trinajstić information content (AvgIpc) is 2.93. The van der Waals surface area contributed by atoms with E-state index in [0.29, 0.717) is 0 Å². The summed E-state index contributed by atoms with van der Waals surface area (Å²) in [5.74, 6) is 0. The minimum absolute atomic E-state index is 0.168. The molecular weight excluding hydrogens is 436 g/mol. The van der Waals surface area contributed by atoms with Crippen molar-refractivity contribution in [3.8, 4) is 0 Å². The quantitative estimate of drug-likeness (QED) is 0.255. The summed E-state index contributed by atoms with van der Waals surface area (Å²) in [5, 5.41) is 5.20. The number of nitrogens with zero attached hydrogens (tertiary/aromatic N) is 2. The first-order chi connectivity index (χ1) is 17.8. The molecule has 0 amide bonds. The number of rotatable bonds is 1. The van der Waals surface area contributed by atoms with Gasteiger partial charge in [0, 0.05) is 34.0 Å². The van der Waals surface area contributed by atoms with Crippen LogP contribution in [-0.4, -0.2) is 0 Å². The van der Waals surface area contributed by atoms with Crippen molar-refractivity contribution in [3.05, 3.63) is 155 Å². The topological polar surface area (TPSA) is 7.76 Å². The Balaban J connectivity index is 1.45. The van der Waals surface area contributed by atoms with Crippen molar-refractivity contribution in [1.82, 2.24) is 0 Å². The SMILES string of the molecule is c1ccc2c(c1)Cc1cc3ccccc3c[n+]1C2C1c2ccccc2Cc2cc3ccccc3c[n+]21. The van der Waals surface area contributed by atoms with E-state index in [4.69, 9.17) is 0 Å². The molecule has 0 fully saturated rings. The average molecular weight is 463 g/mol. The summed E-state index contributed by atoms with van der Waals surface area (Å²) in [6, 6.07) is 40.8. The molecule has 4 heterocycles. The molecule has 36 heavy (non-hydrogen) atoms. The zero-order valence-electron chi connectivity index (χ0n) is 20.0. The molecule has 2 unspecified atom stereocenters. The largest absolute Gasteiger partial charge is 0.249 e. The second-order valence-corrected chi connectivity index (χ2v) is 10.2. The molecule has 2 aliphatic heterocycles. The molecule has 6 aromatic rings. The van der Waals surface area contributed by atoms with Gasteiger partial charge in [0.05, 0.1) is 12.8 Å². The van der Waals surface area contributed by atoms with Gasteiger partial charge in [0.25, 0.3) is 0 Å². The van der Waals surface area contributed by atoms with Crippen molar-refractivity contribution < 1.29 is 9.13 Å². The fourth-order valence-electron chi connectivity index (χ4n) is 6.60. The van der Waals surface area contributed by atoms with Crippen molar-refractivity contribution in [3.63, 3.8) is 0 Å². The third-order valence-corrected chi connectivity index (χ3v) is 8.24. The van der Waals surface area contributed by atoms with E-state index < -0.39 is 0 Å². The highest BCUT2D eigenvalue weighted by Crippen LogP contribution is 2.39. The summed E-state index contributed by atoms with van der Waals surface area (Å²) in [5.41, 5.74) is 8.48. The molecule has 2 aromatic heterocycles. The maximum absolute atomic E-state index is 2.57. The lowest BCUT2D eigenvalue weighted by Gasteiger charge is -2.30. The molecule has 2 heteroatoms. The zero-order valence-corrected chi connectivity index (χ0v) is 20.0. The predicted molar refractivity (Wildman–Crippen MR) is 143 cm³/mol.